The molecular weight excluding hydrogens is 627 g/mol. The number of ketones is 2. The van der Waals surface area contributed by atoms with E-state index >= 15 is 4.39 Å². The molecule has 4 aliphatic heterocycles. The van der Waals surface area contributed by atoms with E-state index < -0.39 is 88.4 Å². The van der Waals surface area contributed by atoms with Crippen molar-refractivity contribution in [2.45, 2.75) is 134 Å². The van der Waals surface area contributed by atoms with Crippen LogP contribution < -0.4 is 5.32 Å². The number of aliphatic hydroxyl groups excluding tert-OH is 1. The zero-order valence-corrected chi connectivity index (χ0v) is 29.8. The summed E-state index contributed by atoms with van der Waals surface area (Å²) in [6.07, 6.45) is 0.840. The second kappa shape index (κ2) is 13.7. The standard InChI is InChI=1S/C35H53FN2O10/c1-12-14-44-33(7)16-18(3)26(40)32(6)17-37-23-25(32)35(9,48-29(23)42)22(13-2)46-31(43)34(8,36)27(41)20(5)28(33)47-30-24(39)21(38(10)11)15-19(4)45-30/h1,18-25,28,30,37,39H,13-17H2,2-11H3/t18-,19-,20+,21+,22-,23-,24-,25-,28-,30+,32-,33+,34-,35-/m1/s1. The van der Waals surface area contributed by atoms with Crippen molar-refractivity contribution in [2.24, 2.45) is 23.2 Å². The van der Waals surface area contributed by atoms with Crippen LogP contribution in [0.2, 0.25) is 0 Å². The second-order valence-corrected chi connectivity index (χ2v) is 15.2. The first-order chi connectivity index (χ1) is 22.2. The number of Topliss-reactive ketones (excluding diaryl/α,β-unsaturated/α-hetero) is 2. The molecule has 270 valence electrons. The molecule has 4 heterocycles. The number of aliphatic hydroxyl groups is 1. The van der Waals surface area contributed by atoms with E-state index in [0.717, 1.165) is 6.92 Å². The first kappa shape index (κ1) is 38.3. The van der Waals surface area contributed by atoms with Gasteiger partial charge in [-0.25, -0.2) is 9.18 Å². The van der Waals surface area contributed by atoms with E-state index in [-0.39, 0.29) is 43.9 Å². The van der Waals surface area contributed by atoms with Gasteiger partial charge in [-0.05, 0) is 61.1 Å². The van der Waals surface area contributed by atoms with Gasteiger partial charge in [-0.3, -0.25) is 14.4 Å². The molecule has 0 radical (unpaired) electrons. The van der Waals surface area contributed by atoms with Crippen molar-refractivity contribution >= 4 is 23.5 Å². The molecule has 0 aromatic rings. The van der Waals surface area contributed by atoms with E-state index in [9.17, 15) is 24.3 Å². The molecule has 13 heteroatoms. The highest BCUT2D eigenvalue weighted by atomic mass is 19.1. The van der Waals surface area contributed by atoms with Crippen LogP contribution in [-0.4, -0.2) is 120 Å². The summed E-state index contributed by atoms with van der Waals surface area (Å²) in [7, 11) is 3.62. The van der Waals surface area contributed by atoms with Crippen LogP contribution in [0.1, 0.15) is 74.7 Å². The summed E-state index contributed by atoms with van der Waals surface area (Å²) in [6.45, 7) is 12.3. The monoisotopic (exact) mass is 680 g/mol. The molecule has 48 heavy (non-hydrogen) atoms. The van der Waals surface area contributed by atoms with Crippen molar-refractivity contribution in [3.05, 3.63) is 0 Å². The number of terminal acetylenes is 1. The number of halogens is 1. The molecule has 12 nitrogen and oxygen atoms in total. The summed E-state index contributed by atoms with van der Waals surface area (Å²) in [4.78, 5) is 57.4. The molecule has 0 unspecified atom stereocenters. The lowest BCUT2D eigenvalue weighted by Gasteiger charge is -2.48. The Balaban J connectivity index is 1.88. The smallest absolute Gasteiger partial charge is 0.351 e. The molecule has 0 bridgehead atoms. The zero-order chi connectivity index (χ0) is 36.1. The maximum atomic E-state index is 16.7. The third-order valence-corrected chi connectivity index (χ3v) is 11.2. The number of hydrogen-bond donors (Lipinski definition) is 2. The Kier molecular flexibility index (Phi) is 10.9. The summed E-state index contributed by atoms with van der Waals surface area (Å²) in [5.74, 6) is -3.98. The van der Waals surface area contributed by atoms with E-state index in [1.165, 1.54) is 6.92 Å². The molecule has 0 aromatic carbocycles. The molecular formula is C35H53FN2O10. The van der Waals surface area contributed by atoms with Gasteiger partial charge in [-0.1, -0.05) is 33.6 Å². The number of carbonyl (C=O) groups excluding carboxylic acids is 4. The number of nitrogens with zero attached hydrogens (tertiary/aromatic N) is 1. The number of esters is 2. The molecule has 0 amide bonds. The Bertz CT molecular complexity index is 1320. The molecule has 0 aliphatic carbocycles. The summed E-state index contributed by atoms with van der Waals surface area (Å²) < 4.78 is 47.0. The Hall–Kier alpha value is -2.47. The van der Waals surface area contributed by atoms with Crippen molar-refractivity contribution < 1.29 is 52.4 Å². The van der Waals surface area contributed by atoms with Crippen molar-refractivity contribution in [2.75, 3.05) is 27.2 Å². The van der Waals surface area contributed by atoms with Crippen LogP contribution in [0.3, 0.4) is 0 Å². The summed E-state index contributed by atoms with van der Waals surface area (Å²) in [6, 6.07) is -1.24. The first-order valence-corrected chi connectivity index (χ1v) is 16.9. The van der Waals surface area contributed by atoms with Gasteiger partial charge in [0.05, 0.1) is 17.8 Å². The van der Waals surface area contributed by atoms with Crippen molar-refractivity contribution in [3.63, 3.8) is 0 Å². The molecule has 4 fully saturated rings. The number of nitrogens with one attached hydrogen (secondary N) is 1. The van der Waals surface area contributed by atoms with Gasteiger partial charge in [0.25, 0.3) is 5.67 Å². The van der Waals surface area contributed by atoms with Crippen molar-refractivity contribution in [3.8, 4) is 12.3 Å². The van der Waals surface area contributed by atoms with Crippen LogP contribution in [0.25, 0.3) is 0 Å². The number of rotatable bonds is 6. The van der Waals surface area contributed by atoms with Crippen molar-refractivity contribution in [1.29, 1.82) is 0 Å². The second-order valence-electron chi connectivity index (χ2n) is 15.2. The average molecular weight is 681 g/mol. The molecule has 0 saturated carbocycles. The van der Waals surface area contributed by atoms with Gasteiger partial charge >= 0.3 is 11.9 Å². The molecule has 0 spiro atoms. The van der Waals surface area contributed by atoms with E-state index in [1.807, 2.05) is 25.9 Å². The Morgan fingerprint density at radius 2 is 1.75 bits per heavy atom. The lowest BCUT2D eigenvalue weighted by molar-refractivity contribution is -0.296. The van der Waals surface area contributed by atoms with Crippen LogP contribution in [0.5, 0.6) is 0 Å². The Labute approximate surface area is 283 Å². The minimum Gasteiger partial charge on any atom is -0.455 e. The molecule has 4 saturated heterocycles. The topological polar surface area (TPSA) is 150 Å². The van der Waals surface area contributed by atoms with Crippen molar-refractivity contribution in [1.82, 2.24) is 10.2 Å². The summed E-state index contributed by atoms with van der Waals surface area (Å²) in [5, 5.41) is 14.5. The third-order valence-electron chi connectivity index (χ3n) is 11.2. The number of likely N-dealkylation sites (N-methyl/N-ethyl adjacent to an activating group) is 1. The average Bonchev–Trinajstić information content (AvgIpc) is 3.52. The zero-order valence-electron chi connectivity index (χ0n) is 29.8. The largest absolute Gasteiger partial charge is 0.455 e. The lowest BCUT2D eigenvalue weighted by atomic mass is 9.62. The van der Waals surface area contributed by atoms with Gasteiger partial charge in [-0.15, -0.1) is 6.42 Å². The Morgan fingerprint density at radius 1 is 1.10 bits per heavy atom. The fourth-order valence-corrected chi connectivity index (χ4v) is 8.78. The highest BCUT2D eigenvalue weighted by Crippen LogP contribution is 2.53. The van der Waals surface area contributed by atoms with Gasteiger partial charge in [0.2, 0.25) is 0 Å². The molecule has 0 aromatic heterocycles. The van der Waals surface area contributed by atoms with Gasteiger partial charge < -0.3 is 39.0 Å². The number of hydrogen-bond acceptors (Lipinski definition) is 12. The highest BCUT2D eigenvalue weighted by Gasteiger charge is 2.69. The predicted molar refractivity (Wildman–Crippen MR) is 171 cm³/mol. The van der Waals surface area contributed by atoms with Crippen LogP contribution in [0.4, 0.5) is 4.39 Å². The number of alkyl halides is 1. The van der Waals surface area contributed by atoms with E-state index in [4.69, 9.17) is 30.1 Å². The lowest BCUT2D eigenvalue weighted by Crippen LogP contribution is -2.61. The molecule has 14 atom stereocenters. The van der Waals surface area contributed by atoms with Gasteiger partial charge in [-0.2, -0.15) is 0 Å². The first-order valence-electron chi connectivity index (χ1n) is 16.9. The predicted octanol–water partition coefficient (Wildman–Crippen LogP) is 1.98. The normalized spacial score (nSPS) is 47.2. The van der Waals surface area contributed by atoms with E-state index in [1.54, 1.807) is 34.6 Å². The number of ether oxygens (including phenoxy) is 5. The highest BCUT2D eigenvalue weighted by molar-refractivity contribution is 6.08. The molecule has 4 aliphatic rings. The summed E-state index contributed by atoms with van der Waals surface area (Å²) >= 11 is 0. The molecule has 2 N–H and O–H groups in total. The SMILES string of the molecule is C#CCO[C@@]1(C)C[C@@H](C)C(=O)[C@]2(C)CN[C@H]3C(=O)O[C@](C)([C@@H](CC)OC(=O)[C@](C)(F)C(=O)[C@H](C)[C@H]1O[C@@H]1O[C@H](C)C[C@H](N(C)C)[C@H]1O)[C@H]32. The number of carbonyl (C=O) groups is 4. The van der Waals surface area contributed by atoms with Gasteiger partial charge in [0.15, 0.2) is 17.7 Å². The van der Waals surface area contributed by atoms with E-state index in [0.29, 0.717) is 6.42 Å². The minimum absolute atomic E-state index is 0.0472. The van der Waals surface area contributed by atoms with Gasteiger partial charge in [0, 0.05) is 35.8 Å². The third kappa shape index (κ3) is 6.44. The van der Waals surface area contributed by atoms with Gasteiger partial charge in [0.1, 0.15) is 30.6 Å². The van der Waals surface area contributed by atoms with Crippen LogP contribution in [-0.2, 0) is 42.9 Å². The maximum absolute atomic E-state index is 16.7. The minimum atomic E-state index is -3.17. The van der Waals surface area contributed by atoms with Crippen LogP contribution in [0, 0.1) is 35.5 Å². The van der Waals surface area contributed by atoms with Crippen LogP contribution in [0.15, 0.2) is 0 Å². The van der Waals surface area contributed by atoms with Crippen LogP contribution >= 0.6 is 0 Å². The fourth-order valence-electron chi connectivity index (χ4n) is 8.78. The van der Waals surface area contributed by atoms with E-state index in [2.05, 4.69) is 11.2 Å². The quantitative estimate of drug-likeness (QED) is 0.240. The fraction of sp³-hybridized carbons (Fsp3) is 0.829. The number of cyclic esters (lactones) is 1. The molecule has 4 rings (SSSR count). The maximum Gasteiger partial charge on any atom is 0.351 e. The summed E-state index contributed by atoms with van der Waals surface area (Å²) in [5.41, 5.74) is -7.40. The Morgan fingerprint density at radius 3 is 2.33 bits per heavy atom.